The third kappa shape index (κ3) is 2.07. The van der Waals surface area contributed by atoms with E-state index in [0.717, 1.165) is 5.56 Å². The average molecular weight is 285 g/mol. The molecule has 108 valence electrons. The number of nitrogens with one attached hydrogen (secondary N) is 2. The summed E-state index contributed by atoms with van der Waals surface area (Å²) in [5.41, 5.74) is 5.83. The molecule has 1 saturated carbocycles. The number of fused-ring (bicyclic) bond motifs is 1. The van der Waals surface area contributed by atoms with Gasteiger partial charge in [0.25, 0.3) is 0 Å². The number of nitrogen functional groups attached to an aromatic ring is 1. The quantitative estimate of drug-likeness (QED) is 0.732. The van der Waals surface area contributed by atoms with Gasteiger partial charge in [0.15, 0.2) is 0 Å². The molecule has 4 N–H and O–H groups in total. The van der Waals surface area contributed by atoms with Gasteiger partial charge in [-0.15, -0.1) is 0 Å². The summed E-state index contributed by atoms with van der Waals surface area (Å²) in [7, 11) is 0. The van der Waals surface area contributed by atoms with Crippen molar-refractivity contribution in [1.29, 1.82) is 0 Å². The molecule has 4 nitrogen and oxygen atoms in total. The second-order valence-electron chi connectivity index (χ2n) is 5.35. The van der Waals surface area contributed by atoms with Gasteiger partial charge >= 0.3 is 6.18 Å². The second kappa shape index (κ2) is 4.04. The van der Waals surface area contributed by atoms with Gasteiger partial charge in [-0.3, -0.25) is 4.79 Å². The van der Waals surface area contributed by atoms with Crippen LogP contribution >= 0.6 is 0 Å². The summed E-state index contributed by atoms with van der Waals surface area (Å²) in [6.45, 7) is 0. The Bertz CT molecular complexity index is 579. The molecule has 0 atom stereocenters. The fourth-order valence-electron chi connectivity index (χ4n) is 2.42. The summed E-state index contributed by atoms with van der Waals surface area (Å²) in [6, 6.07) is 3.12. The lowest BCUT2D eigenvalue weighted by Crippen LogP contribution is -2.39. The number of carbonyl (C=O) groups is 1. The highest BCUT2D eigenvalue weighted by molar-refractivity contribution is 5.95. The van der Waals surface area contributed by atoms with Crippen molar-refractivity contribution in [2.45, 2.75) is 37.4 Å². The van der Waals surface area contributed by atoms with Crippen molar-refractivity contribution >= 4 is 23.0 Å². The Morgan fingerprint density at radius 2 is 1.95 bits per heavy atom. The number of aryl methyl sites for hydroxylation is 1. The zero-order valence-electron chi connectivity index (χ0n) is 10.6. The number of hydrogen-bond acceptors (Lipinski definition) is 3. The maximum Gasteiger partial charge on any atom is 0.411 e. The molecule has 20 heavy (non-hydrogen) atoms. The molecule has 7 heteroatoms. The van der Waals surface area contributed by atoms with Crippen molar-refractivity contribution in [1.82, 2.24) is 0 Å². The van der Waals surface area contributed by atoms with Crippen LogP contribution in [-0.4, -0.2) is 17.6 Å². The summed E-state index contributed by atoms with van der Waals surface area (Å²) < 4.78 is 38.8. The molecular formula is C13H14F3N3O. The molecule has 0 unspecified atom stereocenters. The molecule has 1 heterocycles. The van der Waals surface area contributed by atoms with E-state index in [1.54, 1.807) is 6.07 Å². The molecule has 2 aliphatic rings. The summed E-state index contributed by atoms with van der Waals surface area (Å²) in [5, 5.41) is 5.16. The van der Waals surface area contributed by atoms with Crippen molar-refractivity contribution in [3.8, 4) is 0 Å². The van der Waals surface area contributed by atoms with E-state index in [4.69, 9.17) is 5.73 Å². The Hall–Kier alpha value is -1.92. The highest BCUT2D eigenvalue weighted by Crippen LogP contribution is 2.52. The van der Waals surface area contributed by atoms with E-state index in [2.05, 4.69) is 10.6 Å². The van der Waals surface area contributed by atoms with Gasteiger partial charge in [-0.05, 0) is 37.0 Å². The van der Waals surface area contributed by atoms with Crippen LogP contribution in [0.2, 0.25) is 0 Å². The van der Waals surface area contributed by atoms with Crippen molar-refractivity contribution < 1.29 is 18.0 Å². The van der Waals surface area contributed by atoms with Crippen molar-refractivity contribution in [2.75, 3.05) is 16.4 Å². The monoisotopic (exact) mass is 285 g/mol. The van der Waals surface area contributed by atoms with E-state index < -0.39 is 11.7 Å². The number of anilines is 3. The minimum Gasteiger partial charge on any atom is -0.397 e. The topological polar surface area (TPSA) is 67.2 Å². The number of benzene rings is 1. The normalized spacial score (nSPS) is 20.1. The maximum atomic E-state index is 12.9. The van der Waals surface area contributed by atoms with Crippen LogP contribution in [0.1, 0.15) is 24.8 Å². The number of carbonyl (C=O) groups excluding carboxylic acids is 1. The first kappa shape index (κ1) is 13.1. The van der Waals surface area contributed by atoms with E-state index >= 15 is 0 Å². The van der Waals surface area contributed by atoms with Crippen LogP contribution in [0.4, 0.5) is 30.2 Å². The van der Waals surface area contributed by atoms with E-state index in [0.29, 0.717) is 18.5 Å². The smallest absolute Gasteiger partial charge is 0.397 e. The summed E-state index contributed by atoms with van der Waals surface area (Å²) in [6.07, 6.45) is -3.31. The molecular weight excluding hydrogens is 271 g/mol. The predicted molar refractivity (Wildman–Crippen MR) is 69.4 cm³/mol. The van der Waals surface area contributed by atoms with Crippen LogP contribution in [0.5, 0.6) is 0 Å². The Labute approximate surface area is 113 Å². The molecule has 3 rings (SSSR count). The molecule has 1 aliphatic heterocycles. The first-order valence-corrected chi connectivity index (χ1v) is 6.38. The zero-order valence-corrected chi connectivity index (χ0v) is 10.6. The van der Waals surface area contributed by atoms with Crippen LogP contribution in [0.25, 0.3) is 0 Å². The molecule has 0 aromatic heterocycles. The van der Waals surface area contributed by atoms with Gasteiger partial charge < -0.3 is 16.4 Å². The van der Waals surface area contributed by atoms with Gasteiger partial charge in [0.2, 0.25) is 5.91 Å². The highest BCUT2D eigenvalue weighted by atomic mass is 19.4. The van der Waals surface area contributed by atoms with Crippen LogP contribution in [0.3, 0.4) is 0 Å². The maximum absolute atomic E-state index is 12.9. The number of rotatable bonds is 2. The van der Waals surface area contributed by atoms with E-state index in [1.807, 2.05) is 0 Å². The van der Waals surface area contributed by atoms with Crippen LogP contribution in [0.15, 0.2) is 12.1 Å². The van der Waals surface area contributed by atoms with Crippen molar-refractivity contribution in [3.05, 3.63) is 17.7 Å². The predicted octanol–water partition coefficient (Wildman–Crippen LogP) is 2.66. The fourth-order valence-corrected chi connectivity index (χ4v) is 2.42. The fraction of sp³-hybridized carbons (Fsp3) is 0.462. The third-order valence-electron chi connectivity index (χ3n) is 3.84. The van der Waals surface area contributed by atoms with Crippen LogP contribution in [0, 0.1) is 0 Å². The molecule has 0 radical (unpaired) electrons. The van der Waals surface area contributed by atoms with Crippen molar-refractivity contribution in [2.24, 2.45) is 0 Å². The number of nitrogens with two attached hydrogens (primary N) is 1. The van der Waals surface area contributed by atoms with E-state index in [1.165, 1.54) is 6.07 Å². The Kier molecular flexibility index (Phi) is 2.64. The largest absolute Gasteiger partial charge is 0.411 e. The highest BCUT2D eigenvalue weighted by Gasteiger charge is 2.63. The van der Waals surface area contributed by atoms with Crippen LogP contribution < -0.4 is 16.4 Å². The summed E-state index contributed by atoms with van der Waals surface area (Å²) >= 11 is 0. The molecule has 1 aromatic rings. The molecule has 1 aromatic carbocycles. The van der Waals surface area contributed by atoms with Gasteiger partial charge in [0, 0.05) is 12.1 Å². The minimum atomic E-state index is -4.31. The Balaban J connectivity index is 1.91. The van der Waals surface area contributed by atoms with Gasteiger partial charge in [0.05, 0.1) is 11.4 Å². The van der Waals surface area contributed by atoms with Gasteiger partial charge in [-0.2, -0.15) is 13.2 Å². The SMILES string of the molecule is Nc1cc2c(cc1NC1(C(F)(F)F)CC1)NC(=O)CC2. The molecule has 0 saturated heterocycles. The van der Waals surface area contributed by atoms with Crippen LogP contribution in [-0.2, 0) is 11.2 Å². The number of alkyl halides is 3. The molecule has 1 amide bonds. The number of amides is 1. The second-order valence-corrected chi connectivity index (χ2v) is 5.35. The van der Waals surface area contributed by atoms with E-state index in [-0.39, 0.29) is 30.1 Å². The van der Waals surface area contributed by atoms with Gasteiger partial charge in [-0.25, -0.2) is 0 Å². The van der Waals surface area contributed by atoms with Gasteiger partial charge in [-0.1, -0.05) is 0 Å². The Morgan fingerprint density at radius 1 is 1.25 bits per heavy atom. The Morgan fingerprint density at radius 3 is 2.55 bits per heavy atom. The number of halogens is 3. The molecule has 0 bridgehead atoms. The first-order valence-electron chi connectivity index (χ1n) is 6.38. The third-order valence-corrected chi connectivity index (χ3v) is 3.84. The van der Waals surface area contributed by atoms with E-state index in [9.17, 15) is 18.0 Å². The standard InChI is InChI=1S/C13H14F3N3O/c14-13(15,16)12(3-4-12)19-10-6-9-7(5-8(10)17)1-2-11(20)18-9/h5-6,19H,1-4,17H2,(H,18,20). The molecule has 0 spiro atoms. The number of hydrogen-bond donors (Lipinski definition) is 3. The molecule has 1 aliphatic carbocycles. The van der Waals surface area contributed by atoms with Gasteiger partial charge in [0.1, 0.15) is 5.54 Å². The lowest BCUT2D eigenvalue weighted by atomic mass is 10.0. The minimum absolute atomic E-state index is 0.0411. The summed E-state index contributed by atoms with van der Waals surface area (Å²) in [4.78, 5) is 11.3. The lowest BCUT2D eigenvalue weighted by molar-refractivity contribution is -0.151. The van der Waals surface area contributed by atoms with Crippen molar-refractivity contribution in [3.63, 3.8) is 0 Å². The zero-order chi connectivity index (χ0) is 14.5. The summed E-state index contributed by atoms with van der Waals surface area (Å²) in [5.74, 6) is -0.134. The first-order chi connectivity index (χ1) is 9.31. The lowest BCUT2D eigenvalue weighted by Gasteiger charge is -2.25. The molecule has 1 fully saturated rings. The average Bonchev–Trinajstić information content (AvgIpc) is 3.11.